The van der Waals surface area contributed by atoms with Crippen LogP contribution in [0.4, 0.5) is 11.4 Å². The summed E-state index contributed by atoms with van der Waals surface area (Å²) in [5.74, 6) is -0.162. The number of allylic oxidation sites excluding steroid dienone is 1. The molecular weight excluding hydrogens is 252 g/mol. The molecule has 1 rings (SSSR count). The van der Waals surface area contributed by atoms with Gasteiger partial charge in [0.25, 0.3) is 0 Å². The Morgan fingerprint density at radius 1 is 1.30 bits per heavy atom. The summed E-state index contributed by atoms with van der Waals surface area (Å²) in [5.41, 5.74) is 2.32. The van der Waals surface area contributed by atoms with E-state index in [-0.39, 0.29) is 17.4 Å². The topological polar surface area (TPSA) is 88.7 Å². The van der Waals surface area contributed by atoms with Gasteiger partial charge < -0.3 is 10.6 Å². The van der Waals surface area contributed by atoms with E-state index in [1.54, 1.807) is 18.2 Å². The van der Waals surface area contributed by atoms with Gasteiger partial charge in [0.2, 0.25) is 5.91 Å². The summed E-state index contributed by atoms with van der Waals surface area (Å²) in [4.78, 5) is 11.7. The largest absolute Gasteiger partial charge is 0.360 e. The minimum Gasteiger partial charge on any atom is -0.360 e. The lowest BCUT2D eigenvalue weighted by Gasteiger charge is -2.12. The SMILES string of the molecule is Cc1ccc(NC=C(C#N)C#N)cc1NC(=O)C(C)C. The molecule has 0 aromatic heterocycles. The molecule has 0 radical (unpaired) electrons. The Kier molecular flexibility index (Phi) is 5.31. The van der Waals surface area contributed by atoms with Gasteiger partial charge in [0, 0.05) is 23.5 Å². The second kappa shape index (κ2) is 6.96. The molecule has 1 aromatic carbocycles. The minimum atomic E-state index is -0.102. The Morgan fingerprint density at radius 2 is 1.95 bits per heavy atom. The van der Waals surface area contributed by atoms with E-state index in [4.69, 9.17) is 10.5 Å². The number of hydrogen-bond donors (Lipinski definition) is 2. The highest BCUT2D eigenvalue weighted by Gasteiger charge is 2.09. The van der Waals surface area contributed by atoms with Crippen LogP contribution < -0.4 is 10.6 Å². The maximum Gasteiger partial charge on any atom is 0.226 e. The van der Waals surface area contributed by atoms with E-state index < -0.39 is 0 Å². The van der Waals surface area contributed by atoms with Gasteiger partial charge in [-0.15, -0.1) is 0 Å². The van der Waals surface area contributed by atoms with Crippen molar-refractivity contribution in [2.24, 2.45) is 5.92 Å². The van der Waals surface area contributed by atoms with Crippen LogP contribution in [0.1, 0.15) is 19.4 Å². The average molecular weight is 268 g/mol. The molecule has 0 spiro atoms. The third-order valence-electron chi connectivity index (χ3n) is 2.64. The van der Waals surface area contributed by atoms with Crippen LogP contribution in [-0.2, 0) is 4.79 Å². The zero-order chi connectivity index (χ0) is 15.1. The van der Waals surface area contributed by atoms with Gasteiger partial charge in [0.1, 0.15) is 17.7 Å². The second-order valence-electron chi connectivity index (χ2n) is 4.60. The second-order valence-corrected chi connectivity index (χ2v) is 4.60. The first-order chi connectivity index (χ1) is 9.47. The van der Waals surface area contributed by atoms with Gasteiger partial charge in [-0.1, -0.05) is 19.9 Å². The Bertz CT molecular complexity index is 602. The van der Waals surface area contributed by atoms with Crippen molar-refractivity contribution in [3.63, 3.8) is 0 Å². The molecular formula is C15H16N4O. The molecule has 5 heteroatoms. The van der Waals surface area contributed by atoms with Crippen LogP contribution in [0.15, 0.2) is 30.0 Å². The van der Waals surface area contributed by atoms with Crippen molar-refractivity contribution in [1.82, 2.24) is 0 Å². The number of nitrogens with zero attached hydrogens (tertiary/aromatic N) is 2. The fourth-order valence-electron chi connectivity index (χ4n) is 1.37. The van der Waals surface area contributed by atoms with Crippen LogP contribution >= 0.6 is 0 Å². The van der Waals surface area contributed by atoms with Crippen molar-refractivity contribution in [3.05, 3.63) is 35.5 Å². The summed E-state index contributed by atoms with van der Waals surface area (Å²) < 4.78 is 0. The fraction of sp³-hybridized carbons (Fsp3) is 0.267. The van der Waals surface area contributed by atoms with Gasteiger partial charge >= 0.3 is 0 Å². The first-order valence-electron chi connectivity index (χ1n) is 6.16. The van der Waals surface area contributed by atoms with E-state index >= 15 is 0 Å². The van der Waals surface area contributed by atoms with Crippen molar-refractivity contribution in [1.29, 1.82) is 10.5 Å². The van der Waals surface area contributed by atoms with Crippen LogP contribution in [0, 0.1) is 35.5 Å². The standard InChI is InChI=1S/C15H16N4O/c1-10(2)15(20)19-14-6-13(5-4-11(14)3)18-9-12(7-16)8-17/h4-6,9-10,18H,1-3H3,(H,19,20). The molecule has 1 amide bonds. The Morgan fingerprint density at radius 3 is 2.50 bits per heavy atom. The molecule has 0 unspecified atom stereocenters. The molecule has 0 aliphatic rings. The number of nitriles is 2. The maximum absolute atomic E-state index is 11.7. The van der Waals surface area contributed by atoms with Crippen LogP contribution in [0.5, 0.6) is 0 Å². The van der Waals surface area contributed by atoms with Gasteiger partial charge in [-0.3, -0.25) is 4.79 Å². The summed E-state index contributed by atoms with van der Waals surface area (Å²) in [6.45, 7) is 5.54. The maximum atomic E-state index is 11.7. The normalized spacial score (nSPS) is 9.30. The highest BCUT2D eigenvalue weighted by Crippen LogP contribution is 2.21. The van der Waals surface area contributed by atoms with Gasteiger partial charge in [0.15, 0.2) is 0 Å². The van der Waals surface area contributed by atoms with Crippen LogP contribution in [0.3, 0.4) is 0 Å². The molecule has 0 atom stereocenters. The first kappa shape index (κ1) is 15.3. The van der Waals surface area contributed by atoms with Gasteiger partial charge in [0.05, 0.1) is 0 Å². The number of carbonyl (C=O) groups is 1. The van der Waals surface area contributed by atoms with Crippen molar-refractivity contribution in [2.75, 3.05) is 10.6 Å². The lowest BCUT2D eigenvalue weighted by Crippen LogP contribution is -2.18. The van der Waals surface area contributed by atoms with E-state index in [0.29, 0.717) is 11.4 Å². The minimum absolute atomic E-state index is 0.0154. The number of hydrogen-bond acceptors (Lipinski definition) is 4. The Hall–Kier alpha value is -2.79. The highest BCUT2D eigenvalue weighted by molar-refractivity contribution is 5.93. The number of rotatable bonds is 4. The van der Waals surface area contributed by atoms with Gasteiger partial charge in [-0.25, -0.2) is 0 Å². The van der Waals surface area contributed by atoms with E-state index in [9.17, 15) is 4.79 Å². The molecule has 20 heavy (non-hydrogen) atoms. The van der Waals surface area contributed by atoms with E-state index in [1.165, 1.54) is 6.20 Å². The predicted octanol–water partition coefficient (Wildman–Crippen LogP) is 2.93. The fourth-order valence-corrected chi connectivity index (χ4v) is 1.37. The van der Waals surface area contributed by atoms with Crippen molar-refractivity contribution in [2.45, 2.75) is 20.8 Å². The average Bonchev–Trinajstić information content (AvgIpc) is 2.43. The molecule has 0 aliphatic carbocycles. The summed E-state index contributed by atoms with van der Waals surface area (Å²) in [7, 11) is 0. The molecule has 5 nitrogen and oxygen atoms in total. The molecule has 0 saturated heterocycles. The third kappa shape index (κ3) is 4.15. The third-order valence-corrected chi connectivity index (χ3v) is 2.64. The zero-order valence-electron chi connectivity index (χ0n) is 11.7. The monoisotopic (exact) mass is 268 g/mol. The molecule has 0 bridgehead atoms. The number of aryl methyl sites for hydroxylation is 1. The van der Waals surface area contributed by atoms with Crippen LogP contribution in [0.25, 0.3) is 0 Å². The van der Waals surface area contributed by atoms with Gasteiger partial charge in [-0.05, 0) is 24.6 Å². The van der Waals surface area contributed by atoms with Crippen molar-refractivity contribution in [3.8, 4) is 12.1 Å². The zero-order valence-corrected chi connectivity index (χ0v) is 11.7. The highest BCUT2D eigenvalue weighted by atomic mass is 16.1. The summed E-state index contributed by atoms with van der Waals surface area (Å²) in [5, 5.41) is 23.0. The quantitative estimate of drug-likeness (QED) is 0.822. The number of amides is 1. The van der Waals surface area contributed by atoms with E-state index in [2.05, 4.69) is 10.6 Å². The summed E-state index contributed by atoms with van der Waals surface area (Å²) in [6.07, 6.45) is 1.33. The molecule has 102 valence electrons. The first-order valence-corrected chi connectivity index (χ1v) is 6.16. The van der Waals surface area contributed by atoms with E-state index in [0.717, 1.165) is 5.56 Å². The Balaban J connectivity index is 2.93. The number of benzene rings is 1. The van der Waals surface area contributed by atoms with Crippen molar-refractivity contribution >= 4 is 17.3 Å². The molecule has 2 N–H and O–H groups in total. The summed E-state index contributed by atoms with van der Waals surface area (Å²) >= 11 is 0. The Labute approximate surface area is 118 Å². The summed E-state index contributed by atoms with van der Waals surface area (Å²) in [6, 6.07) is 8.95. The number of nitrogens with one attached hydrogen (secondary N) is 2. The lowest BCUT2D eigenvalue weighted by molar-refractivity contribution is -0.118. The molecule has 0 heterocycles. The number of anilines is 2. The predicted molar refractivity (Wildman–Crippen MR) is 77.6 cm³/mol. The number of carbonyl (C=O) groups excluding carboxylic acids is 1. The van der Waals surface area contributed by atoms with Crippen molar-refractivity contribution < 1.29 is 4.79 Å². The lowest BCUT2D eigenvalue weighted by atomic mass is 10.1. The molecule has 1 aromatic rings. The van der Waals surface area contributed by atoms with Crippen LogP contribution in [-0.4, -0.2) is 5.91 Å². The smallest absolute Gasteiger partial charge is 0.226 e. The van der Waals surface area contributed by atoms with Gasteiger partial charge in [-0.2, -0.15) is 10.5 Å². The molecule has 0 saturated carbocycles. The molecule has 0 fully saturated rings. The molecule has 0 aliphatic heterocycles. The van der Waals surface area contributed by atoms with E-state index in [1.807, 2.05) is 32.9 Å². The van der Waals surface area contributed by atoms with Crippen LogP contribution in [0.2, 0.25) is 0 Å².